The standard InChI is InChI=1S/C21H21F6N5O2/c1-10-4-5-13(6-11(10)2)14-7-16(20(22,23)24)31-17(28-14)8-15(30-31)18(33)32-19(34,21(25,26)27)9-12(3)29-32/h4-6,8,14,16,28,34H,7,9H2,1-3H3/t14-,16-,19-/m0/s1. The van der Waals surface area contributed by atoms with Gasteiger partial charge < -0.3 is 10.4 Å². The van der Waals surface area contributed by atoms with Gasteiger partial charge in [0.15, 0.2) is 11.7 Å². The Morgan fingerprint density at radius 1 is 1.12 bits per heavy atom. The third-order valence-electron chi connectivity index (χ3n) is 6.11. The summed E-state index contributed by atoms with van der Waals surface area (Å²) in [5.41, 5.74) is -2.06. The Balaban J connectivity index is 1.73. The molecule has 1 amide bonds. The van der Waals surface area contributed by atoms with Gasteiger partial charge in [-0.3, -0.25) is 4.79 Å². The third-order valence-corrected chi connectivity index (χ3v) is 6.11. The lowest BCUT2D eigenvalue weighted by molar-refractivity contribution is -0.297. The van der Waals surface area contributed by atoms with Crippen LogP contribution >= 0.6 is 0 Å². The minimum atomic E-state index is -5.25. The van der Waals surface area contributed by atoms with Crippen LogP contribution in [-0.4, -0.2) is 49.6 Å². The van der Waals surface area contributed by atoms with Crippen molar-refractivity contribution < 1.29 is 36.2 Å². The molecule has 2 aliphatic heterocycles. The summed E-state index contributed by atoms with van der Waals surface area (Å²) in [6, 6.07) is 3.26. The molecular formula is C21H21F6N5O2. The number of hydrazone groups is 1. The Morgan fingerprint density at radius 3 is 2.38 bits per heavy atom. The van der Waals surface area contributed by atoms with Gasteiger partial charge >= 0.3 is 12.4 Å². The van der Waals surface area contributed by atoms with Crippen LogP contribution in [0.1, 0.15) is 59.0 Å². The van der Waals surface area contributed by atoms with E-state index in [-0.39, 0.29) is 16.5 Å². The van der Waals surface area contributed by atoms with Crippen LogP contribution in [0.3, 0.4) is 0 Å². The number of rotatable bonds is 2. The number of benzene rings is 1. The lowest BCUT2D eigenvalue weighted by atomic mass is 9.94. The smallest absolute Gasteiger partial charge is 0.363 e. The van der Waals surface area contributed by atoms with E-state index in [9.17, 15) is 36.2 Å². The number of carbonyl (C=O) groups is 1. The maximum Gasteiger partial charge on any atom is 0.438 e. The van der Waals surface area contributed by atoms with Crippen molar-refractivity contribution >= 4 is 17.4 Å². The first-order chi connectivity index (χ1) is 15.6. The molecule has 2 aliphatic rings. The zero-order valence-electron chi connectivity index (χ0n) is 18.3. The van der Waals surface area contributed by atoms with Crippen LogP contribution in [0.2, 0.25) is 0 Å². The van der Waals surface area contributed by atoms with E-state index in [0.717, 1.165) is 17.2 Å². The summed E-state index contributed by atoms with van der Waals surface area (Å²) in [6.07, 6.45) is -11.4. The van der Waals surface area contributed by atoms with Gasteiger partial charge in [0.05, 0.1) is 6.04 Å². The topological polar surface area (TPSA) is 82.8 Å². The number of hydrogen-bond acceptors (Lipinski definition) is 5. The van der Waals surface area contributed by atoms with E-state index < -0.39 is 54.6 Å². The lowest BCUT2D eigenvalue weighted by Crippen LogP contribution is -2.56. The quantitative estimate of drug-likeness (QED) is 0.603. The number of anilines is 1. The molecule has 1 aromatic carbocycles. The Kier molecular flexibility index (Phi) is 5.46. The fourth-order valence-electron chi connectivity index (χ4n) is 4.14. The number of aromatic nitrogens is 2. The predicted octanol–water partition coefficient (Wildman–Crippen LogP) is 4.63. The summed E-state index contributed by atoms with van der Waals surface area (Å²) in [6.45, 7) is 4.88. The van der Waals surface area contributed by atoms with Crippen LogP contribution in [0, 0.1) is 13.8 Å². The highest BCUT2D eigenvalue weighted by Crippen LogP contribution is 2.45. The number of alkyl halides is 6. The molecule has 0 unspecified atom stereocenters. The fourth-order valence-corrected chi connectivity index (χ4v) is 4.14. The van der Waals surface area contributed by atoms with Gasteiger partial charge in [-0.2, -0.15) is 41.6 Å². The molecule has 1 aromatic heterocycles. The molecule has 0 saturated carbocycles. The number of aryl methyl sites for hydroxylation is 2. The van der Waals surface area contributed by atoms with Crippen molar-refractivity contribution in [3.8, 4) is 0 Å². The van der Waals surface area contributed by atoms with E-state index in [2.05, 4.69) is 15.5 Å². The van der Waals surface area contributed by atoms with E-state index in [1.807, 2.05) is 13.8 Å². The molecule has 3 atom stereocenters. The first kappa shape index (κ1) is 24.0. The second-order valence-electron chi connectivity index (χ2n) is 8.64. The van der Waals surface area contributed by atoms with Crippen molar-refractivity contribution in [3.05, 3.63) is 46.6 Å². The highest BCUT2D eigenvalue weighted by molar-refractivity contribution is 5.97. The normalized spacial score (nSPS) is 25.1. The molecule has 184 valence electrons. The van der Waals surface area contributed by atoms with Gasteiger partial charge in [0.1, 0.15) is 5.82 Å². The van der Waals surface area contributed by atoms with E-state index in [1.165, 1.54) is 6.92 Å². The van der Waals surface area contributed by atoms with Crippen molar-refractivity contribution in [1.82, 2.24) is 14.8 Å². The van der Waals surface area contributed by atoms with Crippen molar-refractivity contribution in [2.75, 3.05) is 5.32 Å². The van der Waals surface area contributed by atoms with Crippen LogP contribution in [-0.2, 0) is 0 Å². The summed E-state index contributed by atoms with van der Waals surface area (Å²) in [7, 11) is 0. The molecule has 0 radical (unpaired) electrons. The molecule has 0 bridgehead atoms. The maximum absolute atomic E-state index is 13.9. The minimum absolute atomic E-state index is 0.167. The molecule has 2 aromatic rings. The van der Waals surface area contributed by atoms with Crippen molar-refractivity contribution in [2.45, 2.75) is 63.8 Å². The number of fused-ring (bicyclic) bond motifs is 1. The van der Waals surface area contributed by atoms with E-state index >= 15 is 0 Å². The molecule has 0 spiro atoms. The van der Waals surface area contributed by atoms with Gasteiger partial charge in [-0.05, 0) is 37.5 Å². The number of aliphatic hydroxyl groups is 1. The number of carbonyl (C=O) groups excluding carboxylic acids is 1. The number of nitrogens with one attached hydrogen (secondary N) is 1. The molecule has 34 heavy (non-hydrogen) atoms. The number of halogens is 6. The molecule has 0 aliphatic carbocycles. The third kappa shape index (κ3) is 3.91. The molecule has 0 saturated heterocycles. The second-order valence-corrected chi connectivity index (χ2v) is 8.64. The van der Waals surface area contributed by atoms with Gasteiger partial charge in [-0.1, -0.05) is 18.2 Å². The number of amides is 1. The zero-order chi connectivity index (χ0) is 25.2. The van der Waals surface area contributed by atoms with Crippen LogP contribution in [0.25, 0.3) is 0 Å². The van der Waals surface area contributed by atoms with Gasteiger partial charge in [-0.25, -0.2) is 4.68 Å². The molecule has 7 nitrogen and oxygen atoms in total. The van der Waals surface area contributed by atoms with E-state index in [0.29, 0.717) is 10.2 Å². The first-order valence-corrected chi connectivity index (χ1v) is 10.3. The Bertz CT molecular complexity index is 1170. The maximum atomic E-state index is 13.9. The first-order valence-electron chi connectivity index (χ1n) is 10.3. The molecular weight excluding hydrogens is 468 g/mol. The van der Waals surface area contributed by atoms with Gasteiger partial charge in [0, 0.05) is 24.6 Å². The van der Waals surface area contributed by atoms with E-state index in [1.54, 1.807) is 18.2 Å². The molecule has 4 rings (SSSR count). The molecule has 13 heteroatoms. The largest absolute Gasteiger partial charge is 0.438 e. The predicted molar refractivity (Wildman–Crippen MR) is 109 cm³/mol. The Hall–Kier alpha value is -3.09. The van der Waals surface area contributed by atoms with Crippen LogP contribution in [0.4, 0.5) is 32.2 Å². The number of hydrogen-bond donors (Lipinski definition) is 2. The van der Waals surface area contributed by atoms with Crippen molar-refractivity contribution in [1.29, 1.82) is 0 Å². The van der Waals surface area contributed by atoms with Gasteiger partial charge in [-0.15, -0.1) is 0 Å². The average molecular weight is 489 g/mol. The SMILES string of the molecule is CC1=NN(C(=O)c2cc3n(n2)[C@H](C(F)(F)F)C[C@@H](c2ccc(C)c(C)c2)N3)[C@@](O)(C(F)(F)F)C1. The van der Waals surface area contributed by atoms with Gasteiger partial charge in [0.2, 0.25) is 0 Å². The van der Waals surface area contributed by atoms with Crippen LogP contribution in [0.15, 0.2) is 29.4 Å². The van der Waals surface area contributed by atoms with Crippen LogP contribution in [0.5, 0.6) is 0 Å². The molecule has 0 fully saturated rings. The molecule has 2 N–H and O–H groups in total. The lowest BCUT2D eigenvalue weighted by Gasteiger charge is -2.33. The highest BCUT2D eigenvalue weighted by Gasteiger charge is 2.63. The highest BCUT2D eigenvalue weighted by atomic mass is 19.4. The summed E-state index contributed by atoms with van der Waals surface area (Å²) in [5.74, 6) is -1.65. The van der Waals surface area contributed by atoms with Gasteiger partial charge in [0.25, 0.3) is 11.6 Å². The Morgan fingerprint density at radius 2 is 1.79 bits per heavy atom. The van der Waals surface area contributed by atoms with Crippen LogP contribution < -0.4 is 5.32 Å². The zero-order valence-corrected chi connectivity index (χ0v) is 18.3. The summed E-state index contributed by atoms with van der Waals surface area (Å²) in [5, 5.41) is 20.0. The summed E-state index contributed by atoms with van der Waals surface area (Å²) < 4.78 is 82.7. The average Bonchev–Trinajstić information content (AvgIpc) is 3.28. The Labute approximate surface area is 190 Å². The van der Waals surface area contributed by atoms with Crippen molar-refractivity contribution in [2.24, 2.45) is 5.10 Å². The molecule has 3 heterocycles. The summed E-state index contributed by atoms with van der Waals surface area (Å²) in [4.78, 5) is 12.8. The summed E-state index contributed by atoms with van der Waals surface area (Å²) >= 11 is 0. The second kappa shape index (κ2) is 7.72. The number of nitrogens with zero attached hydrogens (tertiary/aromatic N) is 4. The fraction of sp³-hybridized carbons (Fsp3) is 0.476. The van der Waals surface area contributed by atoms with Crippen molar-refractivity contribution in [3.63, 3.8) is 0 Å². The monoisotopic (exact) mass is 489 g/mol. The minimum Gasteiger partial charge on any atom is -0.363 e. The van der Waals surface area contributed by atoms with E-state index in [4.69, 9.17) is 0 Å².